The van der Waals surface area contributed by atoms with Crippen molar-refractivity contribution in [2.75, 3.05) is 20.2 Å². The first-order chi connectivity index (χ1) is 9.48. The van der Waals surface area contributed by atoms with Gasteiger partial charge in [0.2, 0.25) is 5.91 Å². The second kappa shape index (κ2) is 5.81. The van der Waals surface area contributed by atoms with Crippen molar-refractivity contribution in [3.05, 3.63) is 29.3 Å². The fraction of sp³-hybridized carbons (Fsp3) is 0.533. The Morgan fingerprint density at radius 3 is 2.85 bits per heavy atom. The summed E-state index contributed by atoms with van der Waals surface area (Å²) in [6, 6.07) is 6.04. The van der Waals surface area contributed by atoms with Crippen LogP contribution in [0.3, 0.4) is 0 Å². The molecule has 0 radical (unpaired) electrons. The first-order valence-electron chi connectivity index (χ1n) is 6.88. The van der Waals surface area contributed by atoms with Crippen molar-refractivity contribution in [3.63, 3.8) is 0 Å². The number of nitrogens with zero attached hydrogens (tertiary/aromatic N) is 1. The van der Waals surface area contributed by atoms with Gasteiger partial charge in [0.1, 0.15) is 5.75 Å². The summed E-state index contributed by atoms with van der Waals surface area (Å²) in [5.74, 6) is 0.888. The third-order valence-electron chi connectivity index (χ3n) is 3.96. The van der Waals surface area contributed by atoms with Crippen molar-refractivity contribution in [3.8, 4) is 5.75 Å². The number of carbonyl (C=O) groups excluding carboxylic acids is 1. The average Bonchev–Trinajstić information content (AvgIpc) is 2.44. The number of hydrogen-bond acceptors (Lipinski definition) is 4. The van der Waals surface area contributed by atoms with Crippen molar-refractivity contribution < 1.29 is 9.53 Å². The first kappa shape index (κ1) is 14.8. The second-order valence-electron chi connectivity index (χ2n) is 5.59. The molecule has 1 saturated heterocycles. The van der Waals surface area contributed by atoms with E-state index < -0.39 is 5.54 Å². The van der Waals surface area contributed by atoms with Crippen LogP contribution in [0.5, 0.6) is 5.75 Å². The van der Waals surface area contributed by atoms with Crippen LogP contribution in [0.4, 0.5) is 0 Å². The van der Waals surface area contributed by atoms with Crippen LogP contribution in [-0.2, 0) is 17.9 Å². The summed E-state index contributed by atoms with van der Waals surface area (Å²) in [6.07, 6.45) is 0. The van der Waals surface area contributed by atoms with E-state index >= 15 is 0 Å². The molecule has 0 unspecified atom stereocenters. The molecule has 5 heteroatoms. The number of methoxy groups -OCH3 is 1. The van der Waals surface area contributed by atoms with Crippen LogP contribution >= 0.6 is 0 Å². The molecule has 0 saturated carbocycles. The van der Waals surface area contributed by atoms with Gasteiger partial charge in [-0.25, -0.2) is 0 Å². The molecule has 20 heavy (non-hydrogen) atoms. The Morgan fingerprint density at radius 2 is 2.20 bits per heavy atom. The van der Waals surface area contributed by atoms with E-state index in [1.807, 2.05) is 32.0 Å². The standard InChI is InChI=1S/C15H23N3O2/c1-15(2)14(19)17-6-7-18(15)10-11-4-5-12(9-16)13(8-11)20-3/h4-5,8H,6-7,9-10,16H2,1-3H3,(H,17,19). The summed E-state index contributed by atoms with van der Waals surface area (Å²) in [6.45, 7) is 6.63. The van der Waals surface area contributed by atoms with E-state index in [4.69, 9.17) is 10.5 Å². The predicted octanol–water partition coefficient (Wildman–Crippen LogP) is 0.864. The molecule has 5 nitrogen and oxygen atoms in total. The molecule has 2 rings (SSSR count). The van der Waals surface area contributed by atoms with Crippen molar-refractivity contribution in [1.29, 1.82) is 0 Å². The quantitative estimate of drug-likeness (QED) is 0.857. The highest BCUT2D eigenvalue weighted by molar-refractivity contribution is 5.86. The van der Waals surface area contributed by atoms with E-state index in [1.54, 1.807) is 7.11 Å². The summed E-state index contributed by atoms with van der Waals surface area (Å²) in [4.78, 5) is 14.1. The Bertz CT molecular complexity index is 500. The fourth-order valence-corrected chi connectivity index (χ4v) is 2.50. The number of benzene rings is 1. The molecule has 0 atom stereocenters. The summed E-state index contributed by atoms with van der Waals surface area (Å²) in [5, 5.41) is 2.91. The number of rotatable bonds is 4. The third kappa shape index (κ3) is 2.78. The lowest BCUT2D eigenvalue weighted by Gasteiger charge is -2.41. The molecule has 1 fully saturated rings. The van der Waals surface area contributed by atoms with Crippen LogP contribution in [0.1, 0.15) is 25.0 Å². The third-order valence-corrected chi connectivity index (χ3v) is 3.96. The number of carbonyl (C=O) groups is 1. The van der Waals surface area contributed by atoms with Crippen molar-refractivity contribution in [1.82, 2.24) is 10.2 Å². The van der Waals surface area contributed by atoms with Crippen LogP contribution in [0.2, 0.25) is 0 Å². The molecule has 1 amide bonds. The summed E-state index contributed by atoms with van der Waals surface area (Å²) in [7, 11) is 1.65. The molecule has 1 heterocycles. The van der Waals surface area contributed by atoms with E-state index in [-0.39, 0.29) is 5.91 Å². The maximum absolute atomic E-state index is 11.9. The van der Waals surface area contributed by atoms with Crippen molar-refractivity contribution in [2.24, 2.45) is 5.73 Å². The zero-order valence-corrected chi connectivity index (χ0v) is 12.4. The molecule has 0 bridgehead atoms. The highest BCUT2D eigenvalue weighted by Crippen LogP contribution is 2.24. The van der Waals surface area contributed by atoms with Gasteiger partial charge in [-0.1, -0.05) is 12.1 Å². The number of nitrogens with two attached hydrogens (primary N) is 1. The highest BCUT2D eigenvalue weighted by atomic mass is 16.5. The van der Waals surface area contributed by atoms with Crippen LogP contribution in [0.25, 0.3) is 0 Å². The maximum Gasteiger partial charge on any atom is 0.240 e. The van der Waals surface area contributed by atoms with Gasteiger partial charge in [-0.3, -0.25) is 9.69 Å². The maximum atomic E-state index is 11.9. The molecule has 1 aromatic rings. The van der Waals surface area contributed by atoms with Gasteiger partial charge in [0.15, 0.2) is 0 Å². The number of amides is 1. The summed E-state index contributed by atoms with van der Waals surface area (Å²) < 4.78 is 5.36. The molecule has 3 N–H and O–H groups in total. The minimum atomic E-state index is -0.488. The predicted molar refractivity (Wildman–Crippen MR) is 78.4 cm³/mol. The molecule has 1 aliphatic heterocycles. The van der Waals surface area contributed by atoms with Crippen LogP contribution in [0, 0.1) is 0 Å². The summed E-state index contributed by atoms with van der Waals surface area (Å²) in [5.41, 5.74) is 7.31. The minimum Gasteiger partial charge on any atom is -0.496 e. The van der Waals surface area contributed by atoms with Gasteiger partial charge >= 0.3 is 0 Å². The van der Waals surface area contributed by atoms with E-state index in [0.717, 1.165) is 30.0 Å². The van der Waals surface area contributed by atoms with Gasteiger partial charge in [0.05, 0.1) is 12.6 Å². The fourth-order valence-electron chi connectivity index (χ4n) is 2.50. The molecular weight excluding hydrogens is 254 g/mol. The van der Waals surface area contributed by atoms with Crippen LogP contribution in [-0.4, -0.2) is 36.5 Å². The van der Waals surface area contributed by atoms with Gasteiger partial charge in [-0.2, -0.15) is 0 Å². The number of piperazine rings is 1. The SMILES string of the molecule is COc1cc(CN2CCNC(=O)C2(C)C)ccc1CN. The highest BCUT2D eigenvalue weighted by Gasteiger charge is 2.37. The molecule has 0 spiro atoms. The Hall–Kier alpha value is -1.59. The van der Waals surface area contributed by atoms with Gasteiger partial charge < -0.3 is 15.8 Å². The molecule has 1 aromatic carbocycles. The largest absolute Gasteiger partial charge is 0.496 e. The van der Waals surface area contributed by atoms with E-state index in [0.29, 0.717) is 13.1 Å². The number of hydrogen-bond donors (Lipinski definition) is 2. The minimum absolute atomic E-state index is 0.0780. The lowest BCUT2D eigenvalue weighted by atomic mass is 9.97. The Kier molecular flexibility index (Phi) is 4.30. The normalized spacial score (nSPS) is 18.7. The van der Waals surface area contributed by atoms with E-state index in [9.17, 15) is 4.79 Å². The Balaban J connectivity index is 2.19. The number of ether oxygens (including phenoxy) is 1. The molecular formula is C15H23N3O2. The zero-order valence-electron chi connectivity index (χ0n) is 12.4. The van der Waals surface area contributed by atoms with Crippen molar-refractivity contribution in [2.45, 2.75) is 32.5 Å². The van der Waals surface area contributed by atoms with Crippen LogP contribution in [0.15, 0.2) is 18.2 Å². The first-order valence-corrected chi connectivity index (χ1v) is 6.88. The zero-order chi connectivity index (χ0) is 14.8. The van der Waals surface area contributed by atoms with Crippen molar-refractivity contribution >= 4 is 5.91 Å². The second-order valence-corrected chi connectivity index (χ2v) is 5.59. The lowest BCUT2D eigenvalue weighted by molar-refractivity contribution is -0.135. The number of nitrogens with one attached hydrogen (secondary N) is 1. The van der Waals surface area contributed by atoms with Gasteiger partial charge in [-0.15, -0.1) is 0 Å². The lowest BCUT2D eigenvalue weighted by Crippen LogP contribution is -2.61. The van der Waals surface area contributed by atoms with Gasteiger partial charge in [0, 0.05) is 31.7 Å². The Labute approximate surface area is 120 Å². The smallest absolute Gasteiger partial charge is 0.240 e. The topological polar surface area (TPSA) is 67.6 Å². The van der Waals surface area contributed by atoms with Gasteiger partial charge in [-0.05, 0) is 25.5 Å². The summed E-state index contributed by atoms with van der Waals surface area (Å²) >= 11 is 0. The molecule has 1 aliphatic rings. The van der Waals surface area contributed by atoms with E-state index in [2.05, 4.69) is 10.2 Å². The molecule has 0 aromatic heterocycles. The molecule has 110 valence electrons. The van der Waals surface area contributed by atoms with Crippen LogP contribution < -0.4 is 15.8 Å². The Morgan fingerprint density at radius 1 is 1.45 bits per heavy atom. The average molecular weight is 277 g/mol. The van der Waals surface area contributed by atoms with E-state index in [1.165, 1.54) is 0 Å². The van der Waals surface area contributed by atoms with Gasteiger partial charge in [0.25, 0.3) is 0 Å². The monoisotopic (exact) mass is 277 g/mol. The molecule has 0 aliphatic carbocycles.